The zero-order valence-corrected chi connectivity index (χ0v) is 10.3. The number of nitrogens with one attached hydrogen (secondary N) is 1. The average molecular weight is 215 g/mol. The minimum absolute atomic E-state index is 0.0944. The second-order valence-corrected chi connectivity index (χ2v) is 4.64. The van der Waals surface area contributed by atoms with Crippen molar-refractivity contribution in [3.63, 3.8) is 0 Å². The number of methoxy groups -OCH3 is 1. The maximum Gasteiger partial charge on any atom is 0.0666 e. The van der Waals surface area contributed by atoms with Gasteiger partial charge < -0.3 is 14.8 Å². The van der Waals surface area contributed by atoms with Crippen LogP contribution in [0.2, 0.25) is 0 Å². The Morgan fingerprint density at radius 3 is 3.00 bits per heavy atom. The van der Waals surface area contributed by atoms with Gasteiger partial charge in [-0.2, -0.15) is 0 Å². The molecule has 1 saturated heterocycles. The van der Waals surface area contributed by atoms with Gasteiger partial charge in [-0.15, -0.1) is 0 Å². The van der Waals surface area contributed by atoms with Crippen molar-refractivity contribution in [3.8, 4) is 0 Å². The van der Waals surface area contributed by atoms with Gasteiger partial charge in [0.05, 0.1) is 5.60 Å². The summed E-state index contributed by atoms with van der Waals surface area (Å²) in [4.78, 5) is 0. The molecule has 15 heavy (non-hydrogen) atoms. The predicted octanol–water partition coefficient (Wildman–Crippen LogP) is 1.96. The van der Waals surface area contributed by atoms with Crippen LogP contribution in [0, 0.1) is 0 Å². The summed E-state index contributed by atoms with van der Waals surface area (Å²) in [6.07, 6.45) is 4.47. The lowest BCUT2D eigenvalue weighted by Gasteiger charge is -2.38. The lowest BCUT2D eigenvalue weighted by atomic mass is 9.90. The molecule has 1 fully saturated rings. The third-order valence-electron chi connectivity index (χ3n) is 3.30. The highest BCUT2D eigenvalue weighted by molar-refractivity contribution is 4.85. The third kappa shape index (κ3) is 4.49. The monoisotopic (exact) mass is 215 g/mol. The first kappa shape index (κ1) is 12.9. The van der Waals surface area contributed by atoms with E-state index >= 15 is 0 Å². The Labute approximate surface area is 93.5 Å². The maximum atomic E-state index is 5.81. The number of ether oxygens (including phenoxy) is 2. The van der Waals surface area contributed by atoms with Crippen molar-refractivity contribution in [1.82, 2.24) is 5.32 Å². The van der Waals surface area contributed by atoms with Gasteiger partial charge in [0, 0.05) is 26.4 Å². The highest BCUT2D eigenvalue weighted by Crippen LogP contribution is 2.27. The molecule has 1 aliphatic rings. The maximum absolute atomic E-state index is 5.81. The Balaban J connectivity index is 2.18. The summed E-state index contributed by atoms with van der Waals surface area (Å²) in [5.74, 6) is 0. The molecule has 1 rings (SSSR count). The van der Waals surface area contributed by atoms with Crippen LogP contribution in [0.4, 0.5) is 0 Å². The summed E-state index contributed by atoms with van der Waals surface area (Å²) in [5.41, 5.74) is 0.0944. The summed E-state index contributed by atoms with van der Waals surface area (Å²) < 4.78 is 10.8. The molecule has 0 saturated carbocycles. The molecule has 2 unspecified atom stereocenters. The van der Waals surface area contributed by atoms with Crippen molar-refractivity contribution in [2.75, 3.05) is 26.9 Å². The first-order chi connectivity index (χ1) is 7.20. The van der Waals surface area contributed by atoms with Crippen LogP contribution in [0.5, 0.6) is 0 Å². The lowest BCUT2D eigenvalue weighted by molar-refractivity contribution is -0.0779. The molecule has 3 nitrogen and oxygen atoms in total. The highest BCUT2D eigenvalue weighted by atomic mass is 16.5. The Morgan fingerprint density at radius 1 is 1.53 bits per heavy atom. The summed E-state index contributed by atoms with van der Waals surface area (Å²) in [6.45, 7) is 7.22. The molecule has 0 amide bonds. The van der Waals surface area contributed by atoms with Crippen LogP contribution in [0.3, 0.4) is 0 Å². The van der Waals surface area contributed by atoms with Crippen LogP contribution in [0.1, 0.15) is 39.5 Å². The van der Waals surface area contributed by atoms with Crippen LogP contribution in [0.25, 0.3) is 0 Å². The van der Waals surface area contributed by atoms with E-state index in [4.69, 9.17) is 9.47 Å². The zero-order chi connectivity index (χ0) is 11.1. The fourth-order valence-corrected chi connectivity index (χ4v) is 2.07. The van der Waals surface area contributed by atoms with E-state index in [2.05, 4.69) is 19.2 Å². The average Bonchev–Trinajstić information content (AvgIpc) is 2.25. The summed E-state index contributed by atoms with van der Waals surface area (Å²) >= 11 is 0. The normalized spacial score (nSPS) is 31.8. The van der Waals surface area contributed by atoms with Crippen LogP contribution < -0.4 is 5.32 Å². The third-order valence-corrected chi connectivity index (χ3v) is 3.30. The SMILES string of the molecule is CCC1(C)CC(NCCCOC)CCO1. The Hall–Kier alpha value is -0.120. The smallest absolute Gasteiger partial charge is 0.0666 e. The number of hydrogen-bond donors (Lipinski definition) is 1. The van der Waals surface area contributed by atoms with Gasteiger partial charge in [-0.25, -0.2) is 0 Å². The predicted molar refractivity (Wildman–Crippen MR) is 62.2 cm³/mol. The Bertz CT molecular complexity index is 175. The zero-order valence-electron chi connectivity index (χ0n) is 10.3. The van der Waals surface area contributed by atoms with Gasteiger partial charge in [0.1, 0.15) is 0 Å². The molecule has 1 aliphatic heterocycles. The van der Waals surface area contributed by atoms with Gasteiger partial charge in [0.25, 0.3) is 0 Å². The van der Waals surface area contributed by atoms with Gasteiger partial charge in [-0.1, -0.05) is 6.92 Å². The molecule has 0 aromatic rings. The van der Waals surface area contributed by atoms with Gasteiger partial charge in [-0.05, 0) is 39.2 Å². The molecule has 2 atom stereocenters. The standard InChI is InChI=1S/C12H25NO2/c1-4-12(2)10-11(6-9-15-12)13-7-5-8-14-3/h11,13H,4-10H2,1-3H3. The topological polar surface area (TPSA) is 30.5 Å². The summed E-state index contributed by atoms with van der Waals surface area (Å²) in [7, 11) is 1.75. The minimum atomic E-state index is 0.0944. The quantitative estimate of drug-likeness (QED) is 0.687. The highest BCUT2D eigenvalue weighted by Gasteiger charge is 2.30. The second kappa shape index (κ2) is 6.46. The summed E-state index contributed by atoms with van der Waals surface area (Å²) in [5, 5.41) is 3.59. The van der Waals surface area contributed by atoms with Crippen molar-refractivity contribution in [3.05, 3.63) is 0 Å². The first-order valence-electron chi connectivity index (χ1n) is 6.06. The minimum Gasteiger partial charge on any atom is -0.385 e. The van der Waals surface area contributed by atoms with E-state index in [1.54, 1.807) is 7.11 Å². The molecular weight excluding hydrogens is 190 g/mol. The largest absolute Gasteiger partial charge is 0.385 e. The summed E-state index contributed by atoms with van der Waals surface area (Å²) in [6, 6.07) is 0.626. The molecule has 0 spiro atoms. The van der Waals surface area contributed by atoms with Gasteiger partial charge >= 0.3 is 0 Å². The molecule has 90 valence electrons. The Morgan fingerprint density at radius 2 is 2.33 bits per heavy atom. The van der Waals surface area contributed by atoms with E-state index in [9.17, 15) is 0 Å². The Kier molecular flexibility index (Phi) is 5.58. The molecule has 0 radical (unpaired) electrons. The molecule has 1 N–H and O–H groups in total. The van der Waals surface area contributed by atoms with E-state index in [0.29, 0.717) is 6.04 Å². The van der Waals surface area contributed by atoms with Gasteiger partial charge in [-0.3, -0.25) is 0 Å². The number of rotatable bonds is 6. The fraction of sp³-hybridized carbons (Fsp3) is 1.00. The van der Waals surface area contributed by atoms with Crippen molar-refractivity contribution in [2.24, 2.45) is 0 Å². The molecule has 0 bridgehead atoms. The fourth-order valence-electron chi connectivity index (χ4n) is 2.07. The van der Waals surface area contributed by atoms with Crippen molar-refractivity contribution in [2.45, 2.75) is 51.2 Å². The number of hydrogen-bond acceptors (Lipinski definition) is 3. The molecular formula is C12H25NO2. The van der Waals surface area contributed by atoms with Crippen molar-refractivity contribution in [1.29, 1.82) is 0 Å². The van der Waals surface area contributed by atoms with Crippen LogP contribution >= 0.6 is 0 Å². The molecule has 0 aromatic heterocycles. The first-order valence-corrected chi connectivity index (χ1v) is 6.06. The molecule has 1 heterocycles. The van der Waals surface area contributed by atoms with Crippen LogP contribution in [-0.4, -0.2) is 38.5 Å². The van der Waals surface area contributed by atoms with Gasteiger partial charge in [0.15, 0.2) is 0 Å². The van der Waals surface area contributed by atoms with Crippen LogP contribution in [-0.2, 0) is 9.47 Å². The van der Waals surface area contributed by atoms with Crippen LogP contribution in [0.15, 0.2) is 0 Å². The van der Waals surface area contributed by atoms with E-state index in [0.717, 1.165) is 45.4 Å². The lowest BCUT2D eigenvalue weighted by Crippen LogP contribution is -2.45. The second-order valence-electron chi connectivity index (χ2n) is 4.64. The van der Waals surface area contributed by atoms with Crippen molar-refractivity contribution < 1.29 is 9.47 Å². The van der Waals surface area contributed by atoms with E-state index in [1.165, 1.54) is 0 Å². The molecule has 3 heteroatoms. The molecule has 0 aromatic carbocycles. The van der Waals surface area contributed by atoms with E-state index in [-0.39, 0.29) is 5.60 Å². The van der Waals surface area contributed by atoms with E-state index < -0.39 is 0 Å². The van der Waals surface area contributed by atoms with Crippen molar-refractivity contribution >= 4 is 0 Å². The van der Waals surface area contributed by atoms with Gasteiger partial charge in [0.2, 0.25) is 0 Å². The molecule has 0 aliphatic carbocycles. The van der Waals surface area contributed by atoms with E-state index in [1.807, 2.05) is 0 Å².